The van der Waals surface area contributed by atoms with Gasteiger partial charge in [0.05, 0.1) is 6.61 Å². The predicted octanol–water partition coefficient (Wildman–Crippen LogP) is 6.22. The molecule has 5 heteroatoms. The van der Waals surface area contributed by atoms with Gasteiger partial charge in [0.2, 0.25) is 0 Å². The van der Waals surface area contributed by atoms with Gasteiger partial charge in [-0.05, 0) is 43.2 Å². The lowest BCUT2D eigenvalue weighted by Crippen LogP contribution is -2.10. The molecule has 4 nitrogen and oxygen atoms in total. The molecular weight excluding hydrogens is 323 g/mol. The number of unbranched alkanes of at least 4 members (excludes halogenated alkanes) is 1. The summed E-state index contributed by atoms with van der Waals surface area (Å²) in [6.45, 7) is 10.7. The lowest BCUT2D eigenvalue weighted by atomic mass is 9.96. The molecule has 0 radical (unpaired) electrons. The van der Waals surface area contributed by atoms with Crippen LogP contribution in [0.2, 0.25) is 0 Å². The Morgan fingerprint density at radius 3 is 2.50 bits per heavy atom. The van der Waals surface area contributed by atoms with Crippen LogP contribution in [-0.4, -0.2) is 11.5 Å². The summed E-state index contributed by atoms with van der Waals surface area (Å²) < 4.78 is 23.0. The SMILES string of the molecule is CCCCC(CC)COP(=O)(O)Oc1ccc(C)cc1C(C)CC. The van der Waals surface area contributed by atoms with E-state index in [2.05, 4.69) is 27.7 Å². The van der Waals surface area contributed by atoms with Gasteiger partial charge in [-0.2, -0.15) is 0 Å². The van der Waals surface area contributed by atoms with Crippen LogP contribution in [0.15, 0.2) is 18.2 Å². The van der Waals surface area contributed by atoms with E-state index in [1.165, 1.54) is 0 Å². The van der Waals surface area contributed by atoms with Gasteiger partial charge in [0, 0.05) is 0 Å². The minimum Gasteiger partial charge on any atom is -0.404 e. The molecule has 0 fully saturated rings. The van der Waals surface area contributed by atoms with E-state index in [9.17, 15) is 9.46 Å². The molecule has 0 saturated heterocycles. The molecular formula is C19H33O4P. The van der Waals surface area contributed by atoms with E-state index in [1.807, 2.05) is 19.1 Å². The van der Waals surface area contributed by atoms with Gasteiger partial charge < -0.3 is 4.52 Å². The van der Waals surface area contributed by atoms with Crippen molar-refractivity contribution in [2.24, 2.45) is 5.92 Å². The molecule has 3 unspecified atom stereocenters. The summed E-state index contributed by atoms with van der Waals surface area (Å²) in [6.07, 6.45) is 5.10. The van der Waals surface area contributed by atoms with Gasteiger partial charge in [-0.1, -0.05) is 64.7 Å². The highest BCUT2D eigenvalue weighted by atomic mass is 31.2. The molecule has 0 bridgehead atoms. The Bertz CT molecular complexity index is 544. The second-order valence-electron chi connectivity index (χ2n) is 6.62. The van der Waals surface area contributed by atoms with E-state index in [4.69, 9.17) is 9.05 Å². The van der Waals surface area contributed by atoms with E-state index in [0.29, 0.717) is 11.7 Å². The quantitative estimate of drug-likeness (QED) is 0.478. The summed E-state index contributed by atoms with van der Waals surface area (Å²) in [4.78, 5) is 10.1. The van der Waals surface area contributed by atoms with Crippen molar-refractivity contribution in [1.29, 1.82) is 0 Å². The molecule has 0 aliphatic rings. The van der Waals surface area contributed by atoms with E-state index in [1.54, 1.807) is 6.07 Å². The zero-order valence-electron chi connectivity index (χ0n) is 15.7. The van der Waals surface area contributed by atoms with Gasteiger partial charge >= 0.3 is 7.82 Å². The average molecular weight is 356 g/mol. The van der Waals surface area contributed by atoms with Crippen molar-refractivity contribution in [1.82, 2.24) is 0 Å². The average Bonchev–Trinajstić information content (AvgIpc) is 2.55. The Morgan fingerprint density at radius 1 is 1.21 bits per heavy atom. The van der Waals surface area contributed by atoms with Gasteiger partial charge in [-0.3, -0.25) is 9.42 Å². The van der Waals surface area contributed by atoms with Gasteiger partial charge in [0.25, 0.3) is 0 Å². The highest BCUT2D eigenvalue weighted by molar-refractivity contribution is 7.47. The number of aryl methyl sites for hydroxylation is 1. The van der Waals surface area contributed by atoms with Crippen molar-refractivity contribution in [2.45, 2.75) is 72.6 Å². The second kappa shape index (κ2) is 10.2. The molecule has 0 aliphatic heterocycles. The van der Waals surface area contributed by atoms with Crippen LogP contribution in [-0.2, 0) is 9.09 Å². The van der Waals surface area contributed by atoms with Gasteiger partial charge in [-0.25, -0.2) is 4.57 Å². The van der Waals surface area contributed by atoms with Crippen molar-refractivity contribution in [3.8, 4) is 5.75 Å². The number of benzene rings is 1. The zero-order valence-corrected chi connectivity index (χ0v) is 16.6. The molecule has 24 heavy (non-hydrogen) atoms. The smallest absolute Gasteiger partial charge is 0.404 e. The maximum absolute atomic E-state index is 12.3. The summed E-state index contributed by atoms with van der Waals surface area (Å²) in [6, 6.07) is 5.66. The van der Waals surface area contributed by atoms with Crippen LogP contribution in [0.25, 0.3) is 0 Å². The van der Waals surface area contributed by atoms with Crippen LogP contribution in [0.1, 0.15) is 76.8 Å². The summed E-state index contributed by atoms with van der Waals surface area (Å²) in [5.74, 6) is 0.997. The van der Waals surface area contributed by atoms with Crippen LogP contribution in [0, 0.1) is 12.8 Å². The van der Waals surface area contributed by atoms with Crippen LogP contribution in [0.3, 0.4) is 0 Å². The summed E-state index contributed by atoms with van der Waals surface area (Å²) in [7, 11) is -4.11. The summed E-state index contributed by atoms with van der Waals surface area (Å²) in [5, 5.41) is 0. The molecule has 1 rings (SSSR count). The third-order valence-electron chi connectivity index (χ3n) is 4.54. The topological polar surface area (TPSA) is 55.8 Å². The maximum Gasteiger partial charge on any atom is 0.527 e. The highest BCUT2D eigenvalue weighted by Gasteiger charge is 2.26. The van der Waals surface area contributed by atoms with E-state index in [0.717, 1.165) is 43.2 Å². The first-order valence-electron chi connectivity index (χ1n) is 9.10. The highest BCUT2D eigenvalue weighted by Crippen LogP contribution is 2.47. The Labute approximate surface area is 147 Å². The molecule has 3 atom stereocenters. The molecule has 0 aromatic heterocycles. The first-order valence-corrected chi connectivity index (χ1v) is 10.6. The van der Waals surface area contributed by atoms with E-state index < -0.39 is 7.82 Å². The fourth-order valence-corrected chi connectivity index (χ4v) is 3.47. The molecule has 0 heterocycles. The molecule has 0 aliphatic carbocycles. The molecule has 0 saturated carbocycles. The van der Waals surface area contributed by atoms with E-state index >= 15 is 0 Å². The Hall–Kier alpha value is -0.830. The molecule has 1 aromatic rings. The van der Waals surface area contributed by atoms with Crippen LogP contribution in [0.5, 0.6) is 5.75 Å². The summed E-state index contributed by atoms with van der Waals surface area (Å²) >= 11 is 0. The van der Waals surface area contributed by atoms with Crippen LogP contribution in [0.4, 0.5) is 0 Å². The minimum absolute atomic E-state index is 0.257. The Balaban J connectivity index is 2.78. The van der Waals surface area contributed by atoms with Crippen molar-refractivity contribution in [2.75, 3.05) is 6.61 Å². The molecule has 138 valence electrons. The third kappa shape index (κ3) is 6.96. The van der Waals surface area contributed by atoms with E-state index in [-0.39, 0.29) is 12.5 Å². The Morgan fingerprint density at radius 2 is 1.92 bits per heavy atom. The van der Waals surface area contributed by atoms with Gasteiger partial charge in [0.1, 0.15) is 5.75 Å². The standard InChI is InChI=1S/C19H33O4P/c1-6-9-10-17(8-3)14-22-24(20,21)23-19-12-11-15(4)13-18(19)16(5)7-2/h11-13,16-17H,6-10,14H2,1-5H3,(H,20,21). The monoisotopic (exact) mass is 356 g/mol. The number of hydrogen-bond donors (Lipinski definition) is 1. The van der Waals surface area contributed by atoms with Crippen molar-refractivity contribution >= 4 is 7.82 Å². The second-order valence-corrected chi connectivity index (χ2v) is 8.00. The van der Waals surface area contributed by atoms with Gasteiger partial charge in [0.15, 0.2) is 0 Å². The lowest BCUT2D eigenvalue weighted by Gasteiger charge is -2.21. The molecule has 1 N–H and O–H groups in total. The molecule has 0 amide bonds. The Kier molecular flexibility index (Phi) is 9.04. The maximum atomic E-state index is 12.3. The number of hydrogen-bond acceptors (Lipinski definition) is 3. The van der Waals surface area contributed by atoms with Crippen LogP contribution < -0.4 is 4.52 Å². The van der Waals surface area contributed by atoms with Crippen molar-refractivity contribution < 1.29 is 18.5 Å². The predicted molar refractivity (Wildman–Crippen MR) is 99.6 cm³/mol. The normalized spacial score (nSPS) is 16.4. The zero-order chi connectivity index (χ0) is 18.2. The molecule has 1 aromatic carbocycles. The first-order chi connectivity index (χ1) is 11.3. The largest absolute Gasteiger partial charge is 0.527 e. The number of phosphoric ester groups is 1. The fourth-order valence-electron chi connectivity index (χ4n) is 2.60. The minimum atomic E-state index is -4.11. The van der Waals surface area contributed by atoms with Crippen molar-refractivity contribution in [3.63, 3.8) is 0 Å². The lowest BCUT2D eigenvalue weighted by molar-refractivity contribution is 0.165. The molecule has 0 spiro atoms. The van der Waals surface area contributed by atoms with Gasteiger partial charge in [-0.15, -0.1) is 0 Å². The number of rotatable bonds is 11. The van der Waals surface area contributed by atoms with Crippen molar-refractivity contribution in [3.05, 3.63) is 29.3 Å². The summed E-state index contributed by atoms with van der Waals surface area (Å²) in [5.41, 5.74) is 2.06. The first kappa shape index (κ1) is 21.2. The third-order valence-corrected chi connectivity index (χ3v) is 5.44. The fraction of sp³-hybridized carbons (Fsp3) is 0.684. The van der Waals surface area contributed by atoms with Crippen LogP contribution >= 0.6 is 7.82 Å². The number of phosphoric acid groups is 1.